The highest BCUT2D eigenvalue weighted by molar-refractivity contribution is 5.71. The SMILES string of the molecule is CCCCCCCCCCCCCCCCC(=O)OC[C@H](COC(=O)CCCCCCCCCCCCCCC(C)C)OC(=O)CCCCCCCCCC(C)C. The van der Waals surface area contributed by atoms with E-state index in [1.54, 1.807) is 0 Å². The van der Waals surface area contributed by atoms with E-state index in [0.29, 0.717) is 19.3 Å². The summed E-state index contributed by atoms with van der Waals surface area (Å²) in [6.07, 6.45) is 43.8. The van der Waals surface area contributed by atoms with Crippen molar-refractivity contribution in [1.29, 1.82) is 0 Å². The monoisotopic (exact) mass is 807 g/mol. The van der Waals surface area contributed by atoms with E-state index in [2.05, 4.69) is 34.6 Å². The van der Waals surface area contributed by atoms with Crippen LogP contribution in [-0.2, 0) is 28.6 Å². The normalized spacial score (nSPS) is 12.1. The van der Waals surface area contributed by atoms with Crippen LogP contribution in [0.25, 0.3) is 0 Å². The maximum atomic E-state index is 12.7. The van der Waals surface area contributed by atoms with Gasteiger partial charge in [0.05, 0.1) is 0 Å². The van der Waals surface area contributed by atoms with Gasteiger partial charge in [0, 0.05) is 19.3 Å². The van der Waals surface area contributed by atoms with Crippen LogP contribution in [0.5, 0.6) is 0 Å². The van der Waals surface area contributed by atoms with Gasteiger partial charge in [-0.25, -0.2) is 0 Å². The van der Waals surface area contributed by atoms with Gasteiger partial charge >= 0.3 is 17.9 Å². The van der Waals surface area contributed by atoms with Crippen molar-refractivity contribution < 1.29 is 28.6 Å². The van der Waals surface area contributed by atoms with Crippen LogP contribution in [0.4, 0.5) is 0 Å². The Hall–Kier alpha value is -1.59. The van der Waals surface area contributed by atoms with Crippen molar-refractivity contribution in [3.63, 3.8) is 0 Å². The third-order valence-corrected chi connectivity index (χ3v) is 11.5. The molecule has 0 amide bonds. The van der Waals surface area contributed by atoms with E-state index in [1.165, 1.54) is 167 Å². The van der Waals surface area contributed by atoms with Crippen molar-refractivity contribution >= 4 is 17.9 Å². The van der Waals surface area contributed by atoms with Gasteiger partial charge in [-0.1, -0.05) is 240 Å². The molecule has 0 N–H and O–H groups in total. The van der Waals surface area contributed by atoms with Crippen LogP contribution in [0.15, 0.2) is 0 Å². The number of carbonyl (C=O) groups excluding carboxylic acids is 3. The predicted molar refractivity (Wildman–Crippen MR) is 243 cm³/mol. The van der Waals surface area contributed by atoms with Crippen LogP contribution in [-0.4, -0.2) is 37.2 Å². The van der Waals surface area contributed by atoms with Crippen LogP contribution < -0.4 is 0 Å². The number of ether oxygens (including phenoxy) is 3. The molecule has 0 unspecified atom stereocenters. The third kappa shape index (κ3) is 45.3. The summed E-state index contributed by atoms with van der Waals surface area (Å²) in [5, 5.41) is 0. The van der Waals surface area contributed by atoms with E-state index in [4.69, 9.17) is 14.2 Å². The maximum absolute atomic E-state index is 12.7. The summed E-state index contributed by atoms with van der Waals surface area (Å²) in [5.74, 6) is 0.759. The highest BCUT2D eigenvalue weighted by Crippen LogP contribution is 2.17. The summed E-state index contributed by atoms with van der Waals surface area (Å²) in [7, 11) is 0. The molecular weight excluding hydrogens is 709 g/mol. The minimum absolute atomic E-state index is 0.0645. The standard InChI is InChI=1S/C51H98O6/c1-6-7-8-9-10-11-12-13-14-18-21-26-31-36-41-49(52)55-44-48(57-51(54)43-38-33-28-23-25-30-35-40-47(4)5)45-56-50(53)42-37-32-27-22-19-16-15-17-20-24-29-34-39-46(2)3/h46-48H,6-45H2,1-5H3/t48-/m1/s1. The number of carbonyl (C=O) groups is 3. The molecule has 0 saturated heterocycles. The number of hydrogen-bond acceptors (Lipinski definition) is 6. The highest BCUT2D eigenvalue weighted by atomic mass is 16.6. The summed E-state index contributed by atoms with van der Waals surface area (Å²) in [6, 6.07) is 0. The molecule has 0 aromatic rings. The Labute approximate surface area is 355 Å². The van der Waals surface area contributed by atoms with Crippen molar-refractivity contribution in [2.45, 2.75) is 285 Å². The van der Waals surface area contributed by atoms with Gasteiger partial charge in [0.2, 0.25) is 0 Å². The molecule has 1 atom stereocenters. The average molecular weight is 807 g/mol. The van der Waals surface area contributed by atoms with E-state index in [0.717, 1.165) is 69.6 Å². The van der Waals surface area contributed by atoms with E-state index in [-0.39, 0.29) is 31.1 Å². The fraction of sp³-hybridized carbons (Fsp3) is 0.941. The lowest BCUT2D eigenvalue weighted by molar-refractivity contribution is -0.167. The number of hydrogen-bond donors (Lipinski definition) is 0. The molecule has 0 fully saturated rings. The number of esters is 3. The molecule has 0 aliphatic rings. The van der Waals surface area contributed by atoms with Gasteiger partial charge in [-0.3, -0.25) is 14.4 Å². The minimum Gasteiger partial charge on any atom is -0.462 e. The molecule has 0 aromatic carbocycles. The molecule has 0 heterocycles. The summed E-state index contributed by atoms with van der Waals surface area (Å²) < 4.78 is 16.8. The van der Waals surface area contributed by atoms with Gasteiger partial charge in [-0.15, -0.1) is 0 Å². The number of rotatable bonds is 45. The zero-order chi connectivity index (χ0) is 41.9. The molecule has 0 bridgehead atoms. The van der Waals surface area contributed by atoms with Crippen molar-refractivity contribution in [3.05, 3.63) is 0 Å². The Kier molecular flexibility index (Phi) is 42.7. The Morgan fingerprint density at radius 3 is 0.860 bits per heavy atom. The second-order valence-electron chi connectivity index (χ2n) is 18.4. The van der Waals surface area contributed by atoms with E-state index >= 15 is 0 Å². The first kappa shape index (κ1) is 55.4. The minimum atomic E-state index is -0.761. The molecule has 0 aromatic heterocycles. The van der Waals surface area contributed by atoms with Crippen molar-refractivity contribution in [3.8, 4) is 0 Å². The Bertz CT molecular complexity index is 870. The molecule has 6 nitrogen and oxygen atoms in total. The first-order valence-corrected chi connectivity index (χ1v) is 25.2. The predicted octanol–water partition coefficient (Wildman–Crippen LogP) is 16.1. The summed E-state index contributed by atoms with van der Waals surface area (Å²) in [4.78, 5) is 37.9. The zero-order valence-electron chi connectivity index (χ0n) is 39.0. The molecule has 0 aliphatic carbocycles. The second-order valence-corrected chi connectivity index (χ2v) is 18.4. The Balaban J connectivity index is 4.28. The quantitative estimate of drug-likeness (QED) is 0.0346. The molecule has 0 saturated carbocycles. The highest BCUT2D eigenvalue weighted by Gasteiger charge is 2.19. The van der Waals surface area contributed by atoms with Crippen LogP contribution in [0.2, 0.25) is 0 Å². The van der Waals surface area contributed by atoms with Crippen molar-refractivity contribution in [2.24, 2.45) is 11.8 Å². The first-order chi connectivity index (χ1) is 27.7. The van der Waals surface area contributed by atoms with Gasteiger partial charge in [0.1, 0.15) is 13.2 Å². The molecule has 6 heteroatoms. The van der Waals surface area contributed by atoms with Gasteiger partial charge in [-0.05, 0) is 31.1 Å². The zero-order valence-corrected chi connectivity index (χ0v) is 39.0. The van der Waals surface area contributed by atoms with Gasteiger partial charge < -0.3 is 14.2 Å². The maximum Gasteiger partial charge on any atom is 0.306 e. The fourth-order valence-corrected chi connectivity index (χ4v) is 7.64. The van der Waals surface area contributed by atoms with E-state index in [1.807, 2.05) is 0 Å². The Morgan fingerprint density at radius 1 is 0.333 bits per heavy atom. The summed E-state index contributed by atoms with van der Waals surface area (Å²) in [5.41, 5.74) is 0. The molecule has 0 radical (unpaired) electrons. The van der Waals surface area contributed by atoms with Gasteiger partial charge in [-0.2, -0.15) is 0 Å². The fourth-order valence-electron chi connectivity index (χ4n) is 7.64. The van der Waals surface area contributed by atoms with E-state index < -0.39 is 6.10 Å². The van der Waals surface area contributed by atoms with Crippen LogP contribution in [0, 0.1) is 11.8 Å². The van der Waals surface area contributed by atoms with Crippen molar-refractivity contribution in [2.75, 3.05) is 13.2 Å². The molecule has 0 aliphatic heterocycles. The lowest BCUT2D eigenvalue weighted by Gasteiger charge is -2.18. The molecule has 0 rings (SSSR count). The molecular formula is C51H98O6. The second kappa shape index (κ2) is 44.0. The number of unbranched alkanes of at least 4 members (excludes halogenated alkanes) is 30. The summed E-state index contributed by atoms with van der Waals surface area (Å²) >= 11 is 0. The van der Waals surface area contributed by atoms with Gasteiger partial charge in [0.25, 0.3) is 0 Å². The smallest absolute Gasteiger partial charge is 0.306 e. The van der Waals surface area contributed by atoms with Crippen LogP contribution in [0.1, 0.15) is 279 Å². The average Bonchev–Trinajstić information content (AvgIpc) is 3.18. The van der Waals surface area contributed by atoms with Crippen LogP contribution in [0.3, 0.4) is 0 Å². The van der Waals surface area contributed by atoms with Gasteiger partial charge in [0.15, 0.2) is 6.10 Å². The summed E-state index contributed by atoms with van der Waals surface area (Å²) in [6.45, 7) is 11.3. The topological polar surface area (TPSA) is 78.9 Å². The van der Waals surface area contributed by atoms with E-state index in [9.17, 15) is 14.4 Å². The molecule has 338 valence electrons. The first-order valence-electron chi connectivity index (χ1n) is 25.2. The lowest BCUT2D eigenvalue weighted by Crippen LogP contribution is -2.30. The third-order valence-electron chi connectivity index (χ3n) is 11.5. The molecule has 0 spiro atoms. The van der Waals surface area contributed by atoms with Crippen molar-refractivity contribution in [1.82, 2.24) is 0 Å². The Morgan fingerprint density at radius 2 is 0.579 bits per heavy atom. The molecule has 57 heavy (non-hydrogen) atoms. The lowest BCUT2D eigenvalue weighted by atomic mass is 10.0. The van der Waals surface area contributed by atoms with Crippen LogP contribution >= 0.6 is 0 Å². The largest absolute Gasteiger partial charge is 0.462 e.